The summed E-state index contributed by atoms with van der Waals surface area (Å²) in [6.45, 7) is 0. The lowest BCUT2D eigenvalue weighted by Gasteiger charge is -2.26. The fourth-order valence-corrected chi connectivity index (χ4v) is 2.64. The zero-order valence-corrected chi connectivity index (χ0v) is 10.2. The van der Waals surface area contributed by atoms with E-state index in [0.717, 1.165) is 27.8 Å². The van der Waals surface area contributed by atoms with Gasteiger partial charge in [0.15, 0.2) is 0 Å². The summed E-state index contributed by atoms with van der Waals surface area (Å²) in [5, 5.41) is 5.21. The van der Waals surface area contributed by atoms with E-state index in [1.54, 1.807) is 0 Å². The molecule has 0 radical (unpaired) electrons. The highest BCUT2D eigenvalue weighted by Crippen LogP contribution is 2.21. The molecule has 2 aromatic carbocycles. The lowest BCUT2D eigenvalue weighted by atomic mass is 10.0. The smallest absolute Gasteiger partial charge is 0.252 e. The number of rotatable bonds is 2. The molecule has 0 saturated carbocycles. The maximum atomic E-state index is 12.1. The minimum Gasteiger partial charge on any atom is -0.348 e. The average Bonchev–Trinajstić information content (AvgIpc) is 2.33. The van der Waals surface area contributed by atoms with Crippen molar-refractivity contribution in [1.82, 2.24) is 5.32 Å². The Kier molecular flexibility index (Phi) is 2.77. The van der Waals surface area contributed by atoms with Gasteiger partial charge in [0.2, 0.25) is 0 Å². The number of thioether (sulfide) groups is 1. The van der Waals surface area contributed by atoms with E-state index in [1.165, 1.54) is 0 Å². The van der Waals surface area contributed by atoms with E-state index in [4.69, 9.17) is 0 Å². The van der Waals surface area contributed by atoms with Crippen molar-refractivity contribution in [3.05, 3.63) is 48.0 Å². The van der Waals surface area contributed by atoms with Crippen LogP contribution in [0.25, 0.3) is 10.8 Å². The molecule has 2 aromatic rings. The minimum atomic E-state index is 0.0482. The summed E-state index contributed by atoms with van der Waals surface area (Å²) in [6.07, 6.45) is 0. The van der Waals surface area contributed by atoms with Crippen LogP contribution in [-0.4, -0.2) is 23.5 Å². The van der Waals surface area contributed by atoms with Crippen LogP contribution in [0.15, 0.2) is 42.5 Å². The molecule has 1 N–H and O–H groups in total. The molecule has 3 rings (SSSR count). The third kappa shape index (κ3) is 2.03. The van der Waals surface area contributed by atoms with Gasteiger partial charge in [0.1, 0.15) is 0 Å². The van der Waals surface area contributed by atoms with Gasteiger partial charge in [-0.25, -0.2) is 0 Å². The Balaban J connectivity index is 1.95. The number of amides is 1. The van der Waals surface area contributed by atoms with Gasteiger partial charge in [0.05, 0.1) is 0 Å². The predicted molar refractivity (Wildman–Crippen MR) is 72.5 cm³/mol. The molecule has 0 aliphatic carbocycles. The first-order valence-corrected chi connectivity index (χ1v) is 6.86. The molecule has 3 heteroatoms. The lowest BCUT2D eigenvalue weighted by molar-refractivity contribution is 0.0944. The molecule has 1 aliphatic heterocycles. The molecule has 17 heavy (non-hydrogen) atoms. The molecule has 86 valence electrons. The van der Waals surface area contributed by atoms with Crippen molar-refractivity contribution in [2.75, 3.05) is 11.5 Å². The van der Waals surface area contributed by atoms with Gasteiger partial charge in [-0.3, -0.25) is 4.79 Å². The quantitative estimate of drug-likeness (QED) is 0.878. The van der Waals surface area contributed by atoms with Crippen molar-refractivity contribution in [2.24, 2.45) is 0 Å². The first-order chi connectivity index (χ1) is 8.34. The summed E-state index contributed by atoms with van der Waals surface area (Å²) in [6, 6.07) is 14.2. The third-order valence-corrected chi connectivity index (χ3v) is 4.28. The van der Waals surface area contributed by atoms with Gasteiger partial charge < -0.3 is 5.32 Å². The van der Waals surface area contributed by atoms with Crippen molar-refractivity contribution < 1.29 is 4.79 Å². The van der Waals surface area contributed by atoms with Crippen molar-refractivity contribution >= 4 is 28.4 Å². The number of benzene rings is 2. The van der Waals surface area contributed by atoms with Crippen LogP contribution in [0.3, 0.4) is 0 Å². The van der Waals surface area contributed by atoms with E-state index < -0.39 is 0 Å². The van der Waals surface area contributed by atoms with Crippen LogP contribution in [0.2, 0.25) is 0 Å². The van der Waals surface area contributed by atoms with E-state index in [-0.39, 0.29) is 5.91 Å². The maximum Gasteiger partial charge on any atom is 0.252 e. The largest absolute Gasteiger partial charge is 0.348 e. The summed E-state index contributed by atoms with van der Waals surface area (Å²) in [5.74, 6) is 2.12. The van der Waals surface area contributed by atoms with Crippen molar-refractivity contribution in [1.29, 1.82) is 0 Å². The van der Waals surface area contributed by atoms with Crippen LogP contribution >= 0.6 is 11.8 Å². The number of carbonyl (C=O) groups excluding carboxylic acids is 1. The van der Waals surface area contributed by atoms with Gasteiger partial charge in [-0.1, -0.05) is 36.4 Å². The molecule has 0 spiro atoms. The van der Waals surface area contributed by atoms with Crippen LogP contribution in [0.1, 0.15) is 10.4 Å². The Morgan fingerprint density at radius 2 is 1.88 bits per heavy atom. The van der Waals surface area contributed by atoms with E-state index in [9.17, 15) is 4.79 Å². The summed E-state index contributed by atoms with van der Waals surface area (Å²) >= 11 is 1.87. The molecule has 0 unspecified atom stereocenters. The van der Waals surface area contributed by atoms with E-state index in [2.05, 4.69) is 5.32 Å². The number of hydrogen-bond acceptors (Lipinski definition) is 2. The van der Waals surface area contributed by atoms with E-state index in [0.29, 0.717) is 6.04 Å². The lowest BCUT2D eigenvalue weighted by Crippen LogP contribution is -2.43. The second-order valence-electron chi connectivity index (χ2n) is 4.23. The highest BCUT2D eigenvalue weighted by Gasteiger charge is 2.21. The minimum absolute atomic E-state index is 0.0482. The standard InChI is InChI=1S/C14H13NOS/c16-14(15-11-8-17-9-11)13-7-3-5-10-4-1-2-6-12(10)13/h1-7,11H,8-9H2,(H,15,16). The second kappa shape index (κ2) is 4.41. The summed E-state index contributed by atoms with van der Waals surface area (Å²) in [4.78, 5) is 12.1. The maximum absolute atomic E-state index is 12.1. The van der Waals surface area contributed by atoms with Crippen LogP contribution in [-0.2, 0) is 0 Å². The number of carbonyl (C=O) groups is 1. The normalized spacial score (nSPS) is 15.5. The number of hydrogen-bond donors (Lipinski definition) is 1. The zero-order valence-electron chi connectivity index (χ0n) is 9.35. The summed E-state index contributed by atoms with van der Waals surface area (Å²) < 4.78 is 0. The third-order valence-electron chi connectivity index (χ3n) is 3.01. The highest BCUT2D eigenvalue weighted by atomic mass is 32.2. The number of fused-ring (bicyclic) bond motifs is 1. The molecule has 1 aliphatic rings. The molecule has 1 fully saturated rings. The van der Waals surface area contributed by atoms with Gasteiger partial charge in [-0.05, 0) is 16.8 Å². The summed E-state index contributed by atoms with van der Waals surface area (Å²) in [7, 11) is 0. The molecular formula is C14H13NOS. The zero-order chi connectivity index (χ0) is 11.7. The number of nitrogens with one attached hydrogen (secondary N) is 1. The van der Waals surface area contributed by atoms with Crippen LogP contribution in [0.4, 0.5) is 0 Å². The SMILES string of the molecule is O=C(NC1CSC1)c1cccc2ccccc12. The van der Waals surface area contributed by atoms with Crippen LogP contribution in [0.5, 0.6) is 0 Å². The van der Waals surface area contributed by atoms with Gasteiger partial charge in [0.25, 0.3) is 5.91 Å². The topological polar surface area (TPSA) is 29.1 Å². The molecule has 1 heterocycles. The molecular weight excluding hydrogens is 230 g/mol. The Hall–Kier alpha value is -1.48. The van der Waals surface area contributed by atoms with E-state index >= 15 is 0 Å². The first-order valence-electron chi connectivity index (χ1n) is 5.71. The fraction of sp³-hybridized carbons (Fsp3) is 0.214. The van der Waals surface area contributed by atoms with Crippen molar-refractivity contribution in [2.45, 2.75) is 6.04 Å². The average molecular weight is 243 g/mol. The van der Waals surface area contributed by atoms with Crippen LogP contribution < -0.4 is 5.32 Å². The molecule has 1 amide bonds. The Labute approximate surface area is 104 Å². The molecule has 1 saturated heterocycles. The highest BCUT2D eigenvalue weighted by molar-refractivity contribution is 8.00. The summed E-state index contributed by atoms with van der Waals surface area (Å²) in [5.41, 5.74) is 0.778. The molecule has 0 bridgehead atoms. The van der Waals surface area contributed by atoms with Gasteiger partial charge in [-0.15, -0.1) is 0 Å². The monoisotopic (exact) mass is 243 g/mol. The predicted octanol–water partition coefficient (Wildman–Crippen LogP) is 2.69. The Morgan fingerprint density at radius 3 is 2.65 bits per heavy atom. The van der Waals surface area contributed by atoms with Crippen molar-refractivity contribution in [3.63, 3.8) is 0 Å². The Morgan fingerprint density at radius 1 is 1.12 bits per heavy atom. The molecule has 2 nitrogen and oxygen atoms in total. The fourth-order valence-electron chi connectivity index (χ4n) is 2.01. The molecule has 0 aromatic heterocycles. The van der Waals surface area contributed by atoms with Gasteiger partial charge in [-0.2, -0.15) is 11.8 Å². The second-order valence-corrected chi connectivity index (χ2v) is 5.31. The van der Waals surface area contributed by atoms with Gasteiger partial charge in [0, 0.05) is 23.1 Å². The molecule has 0 atom stereocenters. The van der Waals surface area contributed by atoms with Gasteiger partial charge >= 0.3 is 0 Å². The Bertz CT molecular complexity index is 558. The van der Waals surface area contributed by atoms with Crippen LogP contribution in [0, 0.1) is 0 Å². The van der Waals surface area contributed by atoms with E-state index in [1.807, 2.05) is 54.2 Å². The van der Waals surface area contributed by atoms with Crippen molar-refractivity contribution in [3.8, 4) is 0 Å². The first kappa shape index (κ1) is 10.7.